The fraction of sp³-hybridized carbons (Fsp3) is 0.316. The van der Waals surface area contributed by atoms with Crippen molar-refractivity contribution in [2.75, 3.05) is 20.6 Å². The standard InChI is InChI=1S/C19H20ClFN2O/c1-22-11-14-6-4-3-5-13(14)9-16(22)12-23(2)19(24)17-8-7-15(21)10-18(17)20/h3-8,10,16H,9,11-12H2,1-2H3/t16-/m0/s1. The maximum atomic E-state index is 13.2. The fourth-order valence-corrected chi connectivity index (χ4v) is 3.44. The molecular weight excluding hydrogens is 327 g/mol. The molecule has 126 valence electrons. The highest BCUT2D eigenvalue weighted by Gasteiger charge is 2.26. The number of amides is 1. The average molecular weight is 347 g/mol. The molecule has 2 aromatic carbocycles. The van der Waals surface area contributed by atoms with Gasteiger partial charge in [0.25, 0.3) is 5.91 Å². The molecule has 5 heteroatoms. The van der Waals surface area contributed by atoms with Gasteiger partial charge < -0.3 is 4.90 Å². The van der Waals surface area contributed by atoms with Crippen LogP contribution in [0.5, 0.6) is 0 Å². The molecule has 1 aliphatic rings. The van der Waals surface area contributed by atoms with Crippen LogP contribution in [0.3, 0.4) is 0 Å². The lowest BCUT2D eigenvalue weighted by molar-refractivity contribution is 0.0733. The van der Waals surface area contributed by atoms with Crippen molar-refractivity contribution in [3.8, 4) is 0 Å². The summed E-state index contributed by atoms with van der Waals surface area (Å²) in [5.74, 6) is -0.630. The van der Waals surface area contributed by atoms with Crippen molar-refractivity contribution < 1.29 is 9.18 Å². The van der Waals surface area contributed by atoms with Crippen LogP contribution in [0, 0.1) is 5.82 Å². The minimum absolute atomic E-state index is 0.147. The second kappa shape index (κ2) is 6.91. The molecule has 3 nitrogen and oxygen atoms in total. The topological polar surface area (TPSA) is 23.6 Å². The SMILES string of the molecule is CN(C[C@@H]1Cc2ccccc2CN1C)C(=O)c1ccc(F)cc1Cl. The van der Waals surface area contributed by atoms with E-state index in [2.05, 4.69) is 30.1 Å². The van der Waals surface area contributed by atoms with Gasteiger partial charge in [-0.2, -0.15) is 0 Å². The molecule has 3 rings (SSSR count). The number of halogens is 2. The molecule has 1 heterocycles. The molecule has 0 spiro atoms. The van der Waals surface area contributed by atoms with Gasteiger partial charge in [-0.1, -0.05) is 35.9 Å². The quantitative estimate of drug-likeness (QED) is 0.847. The van der Waals surface area contributed by atoms with E-state index in [4.69, 9.17) is 11.6 Å². The van der Waals surface area contributed by atoms with Gasteiger partial charge in [-0.05, 0) is 42.8 Å². The number of likely N-dealkylation sites (N-methyl/N-ethyl adjacent to an activating group) is 2. The summed E-state index contributed by atoms with van der Waals surface area (Å²) in [4.78, 5) is 16.5. The van der Waals surface area contributed by atoms with Crippen molar-refractivity contribution in [2.45, 2.75) is 19.0 Å². The molecule has 0 bridgehead atoms. The molecule has 1 aliphatic heterocycles. The first-order valence-corrected chi connectivity index (χ1v) is 8.31. The molecule has 1 atom stereocenters. The Hall–Kier alpha value is -1.91. The Morgan fingerprint density at radius 3 is 2.71 bits per heavy atom. The normalized spacial score (nSPS) is 17.4. The Kier molecular flexibility index (Phi) is 4.88. The third-order valence-corrected chi connectivity index (χ3v) is 4.92. The molecule has 1 amide bonds. The Labute approximate surface area is 146 Å². The van der Waals surface area contributed by atoms with E-state index >= 15 is 0 Å². The Morgan fingerprint density at radius 2 is 2.00 bits per heavy atom. The van der Waals surface area contributed by atoms with Gasteiger partial charge in [0.15, 0.2) is 0 Å². The zero-order chi connectivity index (χ0) is 17.3. The molecule has 0 N–H and O–H groups in total. The lowest BCUT2D eigenvalue weighted by atomic mass is 9.94. The van der Waals surface area contributed by atoms with Gasteiger partial charge in [0.2, 0.25) is 0 Å². The lowest BCUT2D eigenvalue weighted by Crippen LogP contribution is -2.46. The van der Waals surface area contributed by atoms with Crippen LogP contribution in [0.4, 0.5) is 4.39 Å². The van der Waals surface area contributed by atoms with Crippen molar-refractivity contribution in [2.24, 2.45) is 0 Å². The summed E-state index contributed by atoms with van der Waals surface area (Å²) in [5, 5.41) is 0.147. The monoisotopic (exact) mass is 346 g/mol. The first kappa shape index (κ1) is 16.9. The number of hydrogen-bond donors (Lipinski definition) is 0. The average Bonchev–Trinajstić information content (AvgIpc) is 2.55. The summed E-state index contributed by atoms with van der Waals surface area (Å²) in [6.07, 6.45) is 0.904. The van der Waals surface area contributed by atoms with Gasteiger partial charge in [-0.15, -0.1) is 0 Å². The summed E-state index contributed by atoms with van der Waals surface area (Å²) in [5.41, 5.74) is 3.01. The summed E-state index contributed by atoms with van der Waals surface area (Å²) < 4.78 is 13.2. The van der Waals surface area contributed by atoms with E-state index < -0.39 is 5.82 Å². The Bertz CT molecular complexity index is 765. The van der Waals surface area contributed by atoms with Gasteiger partial charge in [0.05, 0.1) is 10.6 Å². The highest BCUT2D eigenvalue weighted by atomic mass is 35.5. The largest absolute Gasteiger partial charge is 0.340 e. The highest BCUT2D eigenvalue weighted by molar-refractivity contribution is 6.33. The molecule has 0 saturated heterocycles. The van der Waals surface area contributed by atoms with Crippen molar-refractivity contribution in [1.82, 2.24) is 9.80 Å². The third-order valence-electron chi connectivity index (χ3n) is 4.61. The van der Waals surface area contributed by atoms with Crippen LogP contribution in [0.1, 0.15) is 21.5 Å². The third kappa shape index (κ3) is 3.45. The smallest absolute Gasteiger partial charge is 0.255 e. The van der Waals surface area contributed by atoms with E-state index in [1.807, 2.05) is 6.07 Å². The van der Waals surface area contributed by atoms with Gasteiger partial charge in [0, 0.05) is 26.2 Å². The molecule has 24 heavy (non-hydrogen) atoms. The second-order valence-electron chi connectivity index (χ2n) is 6.35. The van der Waals surface area contributed by atoms with E-state index in [0.29, 0.717) is 12.1 Å². The minimum atomic E-state index is -0.442. The number of benzene rings is 2. The zero-order valence-corrected chi connectivity index (χ0v) is 14.6. The number of rotatable bonds is 3. The maximum absolute atomic E-state index is 13.2. The summed E-state index contributed by atoms with van der Waals surface area (Å²) in [6, 6.07) is 12.5. The molecule has 0 aliphatic carbocycles. The number of nitrogens with zero attached hydrogens (tertiary/aromatic N) is 2. The predicted octanol–water partition coefficient (Wildman–Crippen LogP) is 3.61. The molecule has 0 fully saturated rings. The predicted molar refractivity (Wildman–Crippen MR) is 93.8 cm³/mol. The van der Waals surface area contributed by atoms with E-state index in [0.717, 1.165) is 13.0 Å². The van der Waals surface area contributed by atoms with Crippen LogP contribution in [0.2, 0.25) is 5.02 Å². The van der Waals surface area contributed by atoms with E-state index in [1.165, 1.54) is 29.3 Å². The van der Waals surface area contributed by atoms with Gasteiger partial charge in [-0.3, -0.25) is 9.69 Å². The molecule has 0 radical (unpaired) electrons. The highest BCUT2D eigenvalue weighted by Crippen LogP contribution is 2.23. The van der Waals surface area contributed by atoms with Crippen molar-refractivity contribution in [3.63, 3.8) is 0 Å². The van der Waals surface area contributed by atoms with Crippen molar-refractivity contribution >= 4 is 17.5 Å². The molecule has 2 aromatic rings. The van der Waals surface area contributed by atoms with Crippen LogP contribution in [-0.4, -0.2) is 42.4 Å². The summed E-state index contributed by atoms with van der Waals surface area (Å²) >= 11 is 6.01. The van der Waals surface area contributed by atoms with Crippen LogP contribution in [0.15, 0.2) is 42.5 Å². The van der Waals surface area contributed by atoms with Crippen LogP contribution in [0.25, 0.3) is 0 Å². The lowest BCUT2D eigenvalue weighted by Gasteiger charge is -2.36. The molecule has 0 aromatic heterocycles. The van der Waals surface area contributed by atoms with Gasteiger partial charge in [-0.25, -0.2) is 4.39 Å². The summed E-state index contributed by atoms with van der Waals surface area (Å²) in [6.45, 7) is 1.47. The second-order valence-corrected chi connectivity index (χ2v) is 6.76. The van der Waals surface area contributed by atoms with Crippen LogP contribution >= 0.6 is 11.6 Å². The first-order chi connectivity index (χ1) is 11.5. The van der Waals surface area contributed by atoms with E-state index in [9.17, 15) is 9.18 Å². The number of carbonyl (C=O) groups is 1. The van der Waals surface area contributed by atoms with Crippen molar-refractivity contribution in [3.05, 3.63) is 70.0 Å². The van der Waals surface area contributed by atoms with Crippen LogP contribution in [-0.2, 0) is 13.0 Å². The minimum Gasteiger partial charge on any atom is -0.340 e. The summed E-state index contributed by atoms with van der Waals surface area (Å²) in [7, 11) is 3.83. The fourth-order valence-electron chi connectivity index (χ4n) is 3.19. The number of fused-ring (bicyclic) bond motifs is 1. The first-order valence-electron chi connectivity index (χ1n) is 7.93. The van der Waals surface area contributed by atoms with Crippen LogP contribution < -0.4 is 0 Å². The Morgan fingerprint density at radius 1 is 1.29 bits per heavy atom. The molecule has 0 unspecified atom stereocenters. The molecular formula is C19H20ClFN2O. The maximum Gasteiger partial charge on any atom is 0.255 e. The van der Waals surface area contributed by atoms with E-state index in [-0.39, 0.29) is 17.0 Å². The number of carbonyl (C=O) groups excluding carboxylic acids is 1. The number of hydrogen-bond acceptors (Lipinski definition) is 2. The van der Waals surface area contributed by atoms with E-state index in [1.54, 1.807) is 11.9 Å². The van der Waals surface area contributed by atoms with Crippen molar-refractivity contribution in [1.29, 1.82) is 0 Å². The van der Waals surface area contributed by atoms with Gasteiger partial charge in [0.1, 0.15) is 5.82 Å². The van der Waals surface area contributed by atoms with Gasteiger partial charge >= 0.3 is 0 Å². The molecule has 0 saturated carbocycles. The zero-order valence-electron chi connectivity index (χ0n) is 13.8. The Balaban J connectivity index is 1.72.